The van der Waals surface area contributed by atoms with Gasteiger partial charge < -0.3 is 50.8 Å². The zero-order valence-corrected chi connectivity index (χ0v) is 47.2. The minimum atomic E-state index is -0.779. The molecule has 2 amide bonds. The molecule has 0 radical (unpaired) electrons. The van der Waals surface area contributed by atoms with E-state index in [1.165, 1.54) is 18.4 Å². The van der Waals surface area contributed by atoms with Gasteiger partial charge in [-0.25, -0.2) is 9.59 Å². The first-order valence-corrected chi connectivity index (χ1v) is 27.5. The van der Waals surface area contributed by atoms with Gasteiger partial charge in [-0.2, -0.15) is 0 Å². The number of amides is 2. The van der Waals surface area contributed by atoms with Gasteiger partial charge in [0.05, 0.1) is 0 Å². The second-order valence-corrected chi connectivity index (χ2v) is 20.4. The molecule has 0 aliphatic carbocycles. The molecule has 7 N–H and O–H groups in total. The highest BCUT2D eigenvalue weighted by molar-refractivity contribution is 5.74. The minimum absolute atomic E-state index is 0.172. The number of aliphatic carboxylic acids is 1. The van der Waals surface area contributed by atoms with Crippen LogP contribution in [0, 0.1) is 0 Å². The van der Waals surface area contributed by atoms with Crippen molar-refractivity contribution < 1.29 is 49.1 Å². The zero-order valence-electron chi connectivity index (χ0n) is 47.2. The first kappa shape index (κ1) is 70.4. The summed E-state index contributed by atoms with van der Waals surface area (Å²) in [4.78, 5) is 48.7. The number of carboxylic acids is 1. The number of carbonyl (C=O) groups is 4. The number of hydrogen-bond acceptors (Lipinski definition) is 11. The lowest BCUT2D eigenvalue weighted by molar-refractivity contribution is -0.137. The maximum absolute atomic E-state index is 12.3. The third-order valence-electron chi connectivity index (χ3n) is 10.9. The Balaban J connectivity index is 0.000000981. The molecule has 0 saturated carbocycles. The lowest BCUT2D eigenvalue weighted by Crippen LogP contribution is -2.37. The summed E-state index contributed by atoms with van der Waals surface area (Å²) in [6.07, 6.45) is 15.1. The van der Waals surface area contributed by atoms with Crippen LogP contribution in [0.5, 0.6) is 0 Å². The fraction of sp³-hybridized carbons (Fsp3) is 0.548. The summed E-state index contributed by atoms with van der Waals surface area (Å²) < 4.78 is 11.0. The molecule has 0 aromatic heterocycles. The molecule has 0 fully saturated rings. The van der Waals surface area contributed by atoms with Gasteiger partial charge in [0.1, 0.15) is 17.5 Å². The SMILES string of the molecule is CC(C)(C)OC(=O)N(CCCCCC(=O)O)Cc1ccccc1.CC(C)(C)OC(=O)N(CCCCCCO)Cc1ccccc1.NCCCCCCO.O=Cc1ccccc1.OCCCCCCNCc1ccccc1. The van der Waals surface area contributed by atoms with E-state index in [9.17, 15) is 19.2 Å². The van der Waals surface area contributed by atoms with Gasteiger partial charge in [0.15, 0.2) is 0 Å². The van der Waals surface area contributed by atoms with Gasteiger partial charge in [-0.15, -0.1) is 0 Å². The van der Waals surface area contributed by atoms with Gasteiger partial charge >= 0.3 is 18.2 Å². The Morgan fingerprint density at radius 2 is 0.855 bits per heavy atom. The highest BCUT2D eigenvalue weighted by Gasteiger charge is 2.23. The maximum atomic E-state index is 12.3. The Hall–Kier alpha value is -5.64. The van der Waals surface area contributed by atoms with E-state index in [4.69, 9.17) is 35.6 Å². The van der Waals surface area contributed by atoms with Crippen LogP contribution in [0.4, 0.5) is 9.59 Å². The van der Waals surface area contributed by atoms with Crippen LogP contribution in [0.2, 0.25) is 0 Å². The lowest BCUT2D eigenvalue weighted by atomic mass is 10.1. The van der Waals surface area contributed by atoms with Crippen LogP contribution in [0.1, 0.15) is 171 Å². The monoisotopic (exact) mass is 1060 g/mol. The van der Waals surface area contributed by atoms with Crippen LogP contribution >= 0.6 is 0 Å². The molecule has 14 heteroatoms. The highest BCUT2D eigenvalue weighted by Crippen LogP contribution is 2.16. The van der Waals surface area contributed by atoms with Gasteiger partial charge in [-0.05, 0) is 123 Å². The van der Waals surface area contributed by atoms with E-state index in [1.807, 2.05) is 126 Å². The van der Waals surface area contributed by atoms with Crippen LogP contribution in [-0.2, 0) is 33.9 Å². The summed E-state index contributed by atoms with van der Waals surface area (Å²) in [6, 6.07) is 39.3. The number of unbranched alkanes of at least 4 members (excludes halogenated alkanes) is 11. The summed E-state index contributed by atoms with van der Waals surface area (Å²) in [5, 5.41) is 37.8. The molecule has 0 atom stereocenters. The molecular formula is C62H98N4O10. The van der Waals surface area contributed by atoms with E-state index in [-0.39, 0.29) is 25.2 Å². The van der Waals surface area contributed by atoms with E-state index < -0.39 is 17.2 Å². The van der Waals surface area contributed by atoms with Crippen molar-refractivity contribution in [1.82, 2.24) is 15.1 Å². The summed E-state index contributed by atoms with van der Waals surface area (Å²) in [5.41, 5.74) is 8.45. The van der Waals surface area contributed by atoms with Crippen molar-refractivity contribution in [2.45, 2.75) is 175 Å². The number of benzene rings is 4. The second-order valence-electron chi connectivity index (χ2n) is 20.4. The van der Waals surface area contributed by atoms with E-state index in [0.717, 1.165) is 120 Å². The fourth-order valence-electron chi connectivity index (χ4n) is 6.94. The molecule has 0 unspecified atom stereocenters. The molecular weight excluding hydrogens is 961 g/mol. The number of nitrogens with two attached hydrogens (primary N) is 1. The average Bonchev–Trinajstić information content (AvgIpc) is 3.39. The number of hydrogen-bond donors (Lipinski definition) is 6. The molecule has 4 rings (SSSR count). The Morgan fingerprint density at radius 3 is 1.21 bits per heavy atom. The first-order valence-electron chi connectivity index (χ1n) is 27.5. The van der Waals surface area contributed by atoms with E-state index in [1.54, 1.807) is 21.9 Å². The van der Waals surface area contributed by atoms with Crippen molar-refractivity contribution >= 4 is 24.4 Å². The predicted molar refractivity (Wildman–Crippen MR) is 308 cm³/mol. The Kier molecular flexibility index (Phi) is 43.2. The van der Waals surface area contributed by atoms with Crippen LogP contribution < -0.4 is 11.1 Å². The van der Waals surface area contributed by atoms with Gasteiger partial charge in [-0.3, -0.25) is 9.59 Å². The number of rotatable bonds is 30. The van der Waals surface area contributed by atoms with Gasteiger partial charge in [0.25, 0.3) is 0 Å². The molecule has 76 heavy (non-hydrogen) atoms. The summed E-state index contributed by atoms with van der Waals surface area (Å²) in [5.74, 6) is -0.779. The van der Waals surface area contributed by atoms with Crippen molar-refractivity contribution in [3.8, 4) is 0 Å². The van der Waals surface area contributed by atoms with Crippen LogP contribution in [0.25, 0.3) is 0 Å². The van der Waals surface area contributed by atoms with Crippen LogP contribution in [0.15, 0.2) is 121 Å². The molecule has 0 aliphatic heterocycles. The lowest BCUT2D eigenvalue weighted by Gasteiger charge is -2.27. The smallest absolute Gasteiger partial charge is 0.410 e. The van der Waals surface area contributed by atoms with Crippen molar-refractivity contribution in [1.29, 1.82) is 0 Å². The number of nitrogens with zero attached hydrogens (tertiary/aromatic N) is 2. The third kappa shape index (κ3) is 44.6. The van der Waals surface area contributed by atoms with Crippen molar-refractivity contribution in [2.75, 3.05) is 46.0 Å². The number of nitrogens with one attached hydrogen (secondary N) is 1. The van der Waals surface area contributed by atoms with Crippen LogP contribution in [0.3, 0.4) is 0 Å². The number of ether oxygens (including phenoxy) is 2. The minimum Gasteiger partial charge on any atom is -0.481 e. The Morgan fingerprint density at radius 1 is 0.500 bits per heavy atom. The summed E-state index contributed by atoms with van der Waals surface area (Å²) >= 11 is 0. The molecule has 14 nitrogen and oxygen atoms in total. The molecule has 0 heterocycles. The van der Waals surface area contributed by atoms with Gasteiger partial charge in [0, 0.05) is 64.5 Å². The number of carbonyl (C=O) groups excluding carboxylic acids is 3. The molecule has 4 aromatic rings. The van der Waals surface area contributed by atoms with E-state index in [2.05, 4.69) is 29.6 Å². The van der Waals surface area contributed by atoms with Gasteiger partial charge in [0.2, 0.25) is 0 Å². The van der Waals surface area contributed by atoms with Gasteiger partial charge in [-0.1, -0.05) is 166 Å². The number of carboxylic acid groups (broad SMARTS) is 1. The Labute approximate surface area is 457 Å². The molecule has 0 aliphatic rings. The number of aldehydes is 1. The maximum Gasteiger partial charge on any atom is 0.410 e. The van der Waals surface area contributed by atoms with Crippen molar-refractivity contribution in [3.63, 3.8) is 0 Å². The van der Waals surface area contributed by atoms with Crippen LogP contribution in [-0.4, -0.2) is 112 Å². The average molecular weight is 1060 g/mol. The van der Waals surface area contributed by atoms with Crippen molar-refractivity contribution in [3.05, 3.63) is 144 Å². The topological polar surface area (TPSA) is 212 Å². The van der Waals surface area contributed by atoms with E-state index in [0.29, 0.717) is 45.8 Å². The number of aliphatic hydroxyl groups is 3. The Bertz CT molecular complexity index is 1960. The third-order valence-corrected chi connectivity index (χ3v) is 10.9. The molecule has 426 valence electrons. The quantitative estimate of drug-likeness (QED) is 0.0213. The predicted octanol–water partition coefficient (Wildman–Crippen LogP) is 12.4. The molecule has 0 spiro atoms. The zero-order chi connectivity index (χ0) is 56.6. The molecule has 0 bridgehead atoms. The largest absolute Gasteiger partial charge is 0.481 e. The fourth-order valence-corrected chi connectivity index (χ4v) is 6.94. The molecule has 0 saturated heterocycles. The normalized spacial score (nSPS) is 10.6. The molecule has 4 aromatic carbocycles. The standard InChI is InChI=1S/C18H27NO4.C18H29NO3.C13H21NO.C7H6O.C6H15NO/c1-18(2,3)23-17(22)19(13-9-5-8-12-16(20)21)14-15-10-6-4-7-11-15;1-18(2,3)22-17(21)19(13-9-4-5-10-14-20)15-16-11-7-6-8-12-16;15-11-7-2-1-6-10-14-12-13-8-4-3-5-9-13;8-6-7-4-2-1-3-5-7;7-5-3-1-2-4-6-8/h4,6-7,10-11H,5,8-9,12-14H2,1-3H3,(H,20,21);6-8,11-12,20H,4-5,9-10,13-15H2,1-3H3;3-5,8-9,14-15H,1-2,6-7,10-12H2;1-6H;8H,1-7H2. The van der Waals surface area contributed by atoms with Crippen molar-refractivity contribution in [2.24, 2.45) is 5.73 Å². The second kappa shape index (κ2) is 46.6. The highest BCUT2D eigenvalue weighted by atomic mass is 16.6. The first-order chi connectivity index (χ1) is 36.5. The number of aliphatic hydroxyl groups excluding tert-OH is 3. The van der Waals surface area contributed by atoms with E-state index >= 15 is 0 Å². The summed E-state index contributed by atoms with van der Waals surface area (Å²) in [6.45, 7) is 17.2. The summed E-state index contributed by atoms with van der Waals surface area (Å²) in [7, 11) is 0.